The maximum atomic E-state index is 11.9. The van der Waals surface area contributed by atoms with Gasteiger partial charge in [-0.15, -0.1) is 0 Å². The number of urea groups is 1. The van der Waals surface area contributed by atoms with Crippen LogP contribution in [-0.2, 0) is 9.59 Å². The van der Waals surface area contributed by atoms with Crippen molar-refractivity contribution in [2.24, 2.45) is 0 Å². The summed E-state index contributed by atoms with van der Waals surface area (Å²) in [7, 11) is 0. The third-order valence-electron chi connectivity index (χ3n) is 3.51. The normalized spacial score (nSPS) is 13.1. The van der Waals surface area contributed by atoms with E-state index in [2.05, 4.69) is 21.3 Å². The second-order valence-corrected chi connectivity index (χ2v) is 5.69. The third-order valence-corrected chi connectivity index (χ3v) is 3.51. The van der Waals surface area contributed by atoms with Gasteiger partial charge in [0.2, 0.25) is 11.8 Å². The van der Waals surface area contributed by atoms with Gasteiger partial charge in [0.15, 0.2) is 0 Å². The lowest BCUT2D eigenvalue weighted by atomic mass is 10.1. The summed E-state index contributed by atoms with van der Waals surface area (Å²) in [6, 6.07) is 5.43. The number of nitrogens with one attached hydrogen (secondary N) is 4. The van der Waals surface area contributed by atoms with E-state index < -0.39 is 6.03 Å². The molecule has 2 rings (SSSR count). The predicted molar refractivity (Wildman–Crippen MR) is 87.1 cm³/mol. The smallest absolute Gasteiger partial charge is 0.315 e. The van der Waals surface area contributed by atoms with Crippen molar-refractivity contribution in [2.75, 3.05) is 18.4 Å². The fourth-order valence-corrected chi connectivity index (χ4v) is 2.09. The lowest BCUT2D eigenvalue weighted by Gasteiger charge is -2.12. The fourth-order valence-electron chi connectivity index (χ4n) is 2.09. The molecule has 0 bridgehead atoms. The van der Waals surface area contributed by atoms with E-state index in [0.29, 0.717) is 0 Å². The molecule has 0 atom stereocenters. The van der Waals surface area contributed by atoms with Crippen LogP contribution in [0.1, 0.15) is 24.0 Å². The van der Waals surface area contributed by atoms with Crippen LogP contribution in [0.3, 0.4) is 0 Å². The Bertz CT molecular complexity index is 591. The third kappa shape index (κ3) is 5.61. The van der Waals surface area contributed by atoms with Gasteiger partial charge < -0.3 is 21.3 Å². The van der Waals surface area contributed by atoms with Crippen molar-refractivity contribution in [3.8, 4) is 0 Å². The number of benzene rings is 1. The molecule has 0 aliphatic heterocycles. The summed E-state index contributed by atoms with van der Waals surface area (Å²) in [6.45, 7) is 3.55. The molecule has 0 saturated heterocycles. The number of carbonyl (C=O) groups excluding carboxylic acids is 3. The van der Waals surface area contributed by atoms with Gasteiger partial charge in [-0.2, -0.15) is 0 Å². The van der Waals surface area contributed by atoms with Crippen LogP contribution in [0.4, 0.5) is 10.5 Å². The maximum Gasteiger partial charge on any atom is 0.315 e. The van der Waals surface area contributed by atoms with E-state index in [0.717, 1.165) is 29.7 Å². The lowest BCUT2D eigenvalue weighted by molar-refractivity contribution is -0.120. The lowest BCUT2D eigenvalue weighted by Crippen LogP contribution is -2.44. The number of anilines is 1. The Balaban J connectivity index is 1.69. The van der Waals surface area contributed by atoms with E-state index in [1.807, 2.05) is 32.0 Å². The van der Waals surface area contributed by atoms with Gasteiger partial charge >= 0.3 is 6.03 Å². The number of para-hydroxylation sites is 1. The zero-order valence-electron chi connectivity index (χ0n) is 13.4. The second kappa shape index (κ2) is 7.62. The van der Waals surface area contributed by atoms with Crippen LogP contribution in [0.5, 0.6) is 0 Å². The molecule has 0 aromatic heterocycles. The molecule has 1 saturated carbocycles. The molecule has 1 aliphatic rings. The Morgan fingerprint density at radius 2 is 1.57 bits per heavy atom. The van der Waals surface area contributed by atoms with Crippen molar-refractivity contribution >= 4 is 23.5 Å². The molecular formula is C16H22N4O3. The summed E-state index contributed by atoms with van der Waals surface area (Å²) in [6.07, 6.45) is 1.99. The molecule has 7 heteroatoms. The zero-order chi connectivity index (χ0) is 16.8. The molecule has 0 radical (unpaired) electrons. The molecule has 4 N–H and O–H groups in total. The molecule has 23 heavy (non-hydrogen) atoms. The first-order valence-corrected chi connectivity index (χ1v) is 7.63. The van der Waals surface area contributed by atoms with Gasteiger partial charge in [-0.1, -0.05) is 18.2 Å². The summed E-state index contributed by atoms with van der Waals surface area (Å²) in [5.41, 5.74) is 2.67. The van der Waals surface area contributed by atoms with Crippen LogP contribution < -0.4 is 21.3 Å². The molecule has 0 spiro atoms. The van der Waals surface area contributed by atoms with Crippen molar-refractivity contribution < 1.29 is 14.4 Å². The summed E-state index contributed by atoms with van der Waals surface area (Å²) in [4.78, 5) is 34.9. The van der Waals surface area contributed by atoms with Gasteiger partial charge in [0.05, 0.1) is 13.1 Å². The fraction of sp³-hybridized carbons (Fsp3) is 0.438. The summed E-state index contributed by atoms with van der Waals surface area (Å²) >= 11 is 0. The minimum Gasteiger partial charge on any atom is -0.352 e. The highest BCUT2D eigenvalue weighted by Gasteiger charge is 2.23. The van der Waals surface area contributed by atoms with Gasteiger partial charge in [-0.25, -0.2) is 4.79 Å². The highest BCUT2D eigenvalue weighted by molar-refractivity contribution is 5.95. The Kier molecular flexibility index (Phi) is 5.56. The highest BCUT2D eigenvalue weighted by Crippen LogP contribution is 2.19. The second-order valence-electron chi connectivity index (χ2n) is 5.69. The standard InChI is InChI=1S/C16H22N4O3/c1-10-4-3-5-11(2)15(10)20-14(22)9-18-16(23)17-8-13(21)19-12-6-7-12/h3-5,12H,6-9H2,1-2H3,(H,19,21)(H,20,22)(H2,17,18,23). The topological polar surface area (TPSA) is 99.3 Å². The van der Waals surface area contributed by atoms with Gasteiger partial charge in [0.1, 0.15) is 0 Å². The van der Waals surface area contributed by atoms with Crippen LogP contribution in [0.15, 0.2) is 18.2 Å². The van der Waals surface area contributed by atoms with Crippen LogP contribution in [-0.4, -0.2) is 37.0 Å². The average molecular weight is 318 g/mol. The van der Waals surface area contributed by atoms with Crippen molar-refractivity contribution in [1.29, 1.82) is 0 Å². The van der Waals surface area contributed by atoms with Gasteiger partial charge in [0.25, 0.3) is 0 Å². The van der Waals surface area contributed by atoms with E-state index in [-0.39, 0.29) is 30.9 Å². The highest BCUT2D eigenvalue weighted by atomic mass is 16.2. The molecule has 4 amide bonds. The minimum atomic E-state index is -0.549. The Labute approximate surface area is 135 Å². The molecule has 1 aromatic carbocycles. The zero-order valence-corrected chi connectivity index (χ0v) is 13.4. The van der Waals surface area contributed by atoms with Crippen molar-refractivity contribution in [3.63, 3.8) is 0 Å². The molecule has 1 fully saturated rings. The first-order chi connectivity index (χ1) is 11.0. The molecular weight excluding hydrogens is 296 g/mol. The van der Waals surface area contributed by atoms with Crippen molar-refractivity contribution in [1.82, 2.24) is 16.0 Å². The monoisotopic (exact) mass is 318 g/mol. The quantitative estimate of drug-likeness (QED) is 0.625. The number of rotatable bonds is 6. The van der Waals surface area contributed by atoms with Crippen molar-refractivity contribution in [2.45, 2.75) is 32.7 Å². The molecule has 0 unspecified atom stereocenters. The molecule has 124 valence electrons. The van der Waals surface area contributed by atoms with Crippen LogP contribution in [0.2, 0.25) is 0 Å². The van der Waals surface area contributed by atoms with E-state index in [1.165, 1.54) is 0 Å². The number of aryl methyl sites for hydroxylation is 2. The van der Waals surface area contributed by atoms with Crippen molar-refractivity contribution in [3.05, 3.63) is 29.3 Å². The largest absolute Gasteiger partial charge is 0.352 e. The minimum absolute atomic E-state index is 0.0964. The Hall–Kier alpha value is -2.57. The SMILES string of the molecule is Cc1cccc(C)c1NC(=O)CNC(=O)NCC(=O)NC1CC1. The Morgan fingerprint density at radius 3 is 2.13 bits per heavy atom. The number of hydrogen-bond donors (Lipinski definition) is 4. The first kappa shape index (κ1) is 16.8. The van der Waals surface area contributed by atoms with Gasteiger partial charge in [-0.3, -0.25) is 9.59 Å². The van der Waals surface area contributed by atoms with Crippen LogP contribution in [0, 0.1) is 13.8 Å². The maximum absolute atomic E-state index is 11.9. The summed E-state index contributed by atoms with van der Waals surface area (Å²) in [5, 5.41) is 10.4. The summed E-state index contributed by atoms with van der Waals surface area (Å²) in [5.74, 6) is -0.539. The molecule has 0 heterocycles. The number of amides is 4. The first-order valence-electron chi connectivity index (χ1n) is 7.63. The predicted octanol–water partition coefficient (Wildman–Crippen LogP) is 0.820. The van der Waals surface area contributed by atoms with Gasteiger partial charge in [0, 0.05) is 11.7 Å². The molecule has 7 nitrogen and oxygen atoms in total. The molecule has 1 aliphatic carbocycles. The van der Waals surface area contributed by atoms with E-state index in [1.54, 1.807) is 0 Å². The average Bonchev–Trinajstić information content (AvgIpc) is 3.31. The van der Waals surface area contributed by atoms with E-state index in [9.17, 15) is 14.4 Å². The molecule has 1 aromatic rings. The van der Waals surface area contributed by atoms with E-state index in [4.69, 9.17) is 0 Å². The Morgan fingerprint density at radius 1 is 1.00 bits per heavy atom. The number of hydrogen-bond acceptors (Lipinski definition) is 3. The van der Waals surface area contributed by atoms with Crippen LogP contribution >= 0.6 is 0 Å². The summed E-state index contributed by atoms with van der Waals surface area (Å²) < 4.78 is 0. The van der Waals surface area contributed by atoms with Crippen LogP contribution in [0.25, 0.3) is 0 Å². The van der Waals surface area contributed by atoms with Gasteiger partial charge in [-0.05, 0) is 37.8 Å². The van der Waals surface area contributed by atoms with E-state index >= 15 is 0 Å². The number of carbonyl (C=O) groups is 3.